The molecule has 1 aromatic carbocycles. The van der Waals surface area contributed by atoms with Gasteiger partial charge in [0.05, 0.1) is 19.5 Å². The Kier molecular flexibility index (Phi) is 4.00. The van der Waals surface area contributed by atoms with E-state index in [4.69, 9.17) is 9.47 Å². The largest absolute Gasteiger partial charge is 0.496 e. The monoisotopic (exact) mass is 218 g/mol. The van der Waals surface area contributed by atoms with Crippen LogP contribution in [-0.4, -0.2) is 12.7 Å². The third-order valence-corrected chi connectivity index (χ3v) is 2.89. The molecule has 2 heteroatoms. The van der Waals surface area contributed by atoms with E-state index in [-0.39, 0.29) is 6.10 Å². The molecule has 0 radical (unpaired) electrons. The molecule has 1 aromatic rings. The predicted molar refractivity (Wildman–Crippen MR) is 63.9 cm³/mol. The fourth-order valence-corrected chi connectivity index (χ4v) is 1.78. The Bertz CT molecular complexity index is 332. The fraction of sp³-hybridized carbons (Fsp3) is 0.429. The van der Waals surface area contributed by atoms with E-state index in [0.29, 0.717) is 19.1 Å². The van der Waals surface area contributed by atoms with Crippen LogP contribution >= 0.6 is 0 Å². The van der Waals surface area contributed by atoms with Gasteiger partial charge in [0.25, 0.3) is 0 Å². The van der Waals surface area contributed by atoms with Gasteiger partial charge in [-0.25, -0.2) is 0 Å². The van der Waals surface area contributed by atoms with E-state index in [1.165, 1.54) is 5.56 Å². The van der Waals surface area contributed by atoms with Crippen molar-refractivity contribution in [3.05, 3.63) is 48.2 Å². The average molecular weight is 218 g/mol. The number of hydrogen-bond donors (Lipinski definition) is 0. The zero-order valence-electron chi connectivity index (χ0n) is 9.63. The van der Waals surface area contributed by atoms with Crippen molar-refractivity contribution < 1.29 is 9.47 Å². The molecule has 2 rings (SSSR count). The molecule has 0 spiro atoms. The molecule has 0 N–H and O–H groups in total. The van der Waals surface area contributed by atoms with Gasteiger partial charge in [-0.15, -0.1) is 0 Å². The second-order valence-corrected chi connectivity index (χ2v) is 4.26. The molecule has 0 aliphatic carbocycles. The lowest BCUT2D eigenvalue weighted by Gasteiger charge is -2.25. The molecule has 0 saturated heterocycles. The van der Waals surface area contributed by atoms with Crippen molar-refractivity contribution in [3.8, 4) is 0 Å². The third-order valence-electron chi connectivity index (χ3n) is 2.89. The quantitative estimate of drug-likeness (QED) is 0.773. The minimum absolute atomic E-state index is 0.203. The Balaban J connectivity index is 1.74. The van der Waals surface area contributed by atoms with Gasteiger partial charge in [0.1, 0.15) is 6.10 Å². The lowest BCUT2D eigenvalue weighted by molar-refractivity contribution is -0.0131. The standard InChI is InChI=1S/C14H18O2/c1-12-6-5-9-16-14(12)11-15-10-13-7-3-2-4-8-13/h2-5,7-9,12,14H,6,10-11H2,1H3/t12-,14-/m1/s1. The molecule has 2 nitrogen and oxygen atoms in total. The summed E-state index contributed by atoms with van der Waals surface area (Å²) in [6, 6.07) is 10.2. The summed E-state index contributed by atoms with van der Waals surface area (Å²) < 4.78 is 11.2. The highest BCUT2D eigenvalue weighted by atomic mass is 16.5. The van der Waals surface area contributed by atoms with E-state index in [9.17, 15) is 0 Å². The minimum atomic E-state index is 0.203. The van der Waals surface area contributed by atoms with Crippen LogP contribution < -0.4 is 0 Å². The maximum atomic E-state index is 5.67. The Morgan fingerprint density at radius 2 is 2.12 bits per heavy atom. The number of rotatable bonds is 4. The highest BCUT2D eigenvalue weighted by Crippen LogP contribution is 2.18. The number of benzene rings is 1. The molecule has 0 saturated carbocycles. The molecule has 1 aliphatic rings. The van der Waals surface area contributed by atoms with Crippen LogP contribution in [-0.2, 0) is 16.1 Å². The van der Waals surface area contributed by atoms with Gasteiger partial charge in [-0.05, 0) is 24.0 Å². The molecule has 1 aliphatic heterocycles. The topological polar surface area (TPSA) is 18.5 Å². The van der Waals surface area contributed by atoms with E-state index in [2.05, 4.69) is 25.1 Å². The van der Waals surface area contributed by atoms with Crippen molar-refractivity contribution in [2.45, 2.75) is 26.1 Å². The number of hydrogen-bond acceptors (Lipinski definition) is 2. The normalized spacial score (nSPS) is 24.1. The lowest BCUT2D eigenvalue weighted by Crippen LogP contribution is -2.27. The van der Waals surface area contributed by atoms with Crippen LogP contribution in [0, 0.1) is 5.92 Å². The third kappa shape index (κ3) is 3.11. The highest BCUT2D eigenvalue weighted by Gasteiger charge is 2.19. The van der Waals surface area contributed by atoms with Crippen LogP contribution in [0.5, 0.6) is 0 Å². The summed E-state index contributed by atoms with van der Waals surface area (Å²) in [7, 11) is 0. The van der Waals surface area contributed by atoms with Crippen LogP contribution in [0.15, 0.2) is 42.7 Å². The molecular formula is C14H18O2. The van der Waals surface area contributed by atoms with Crippen molar-refractivity contribution in [1.82, 2.24) is 0 Å². The summed E-state index contributed by atoms with van der Waals surface area (Å²) in [5, 5.41) is 0. The molecule has 1 heterocycles. The average Bonchev–Trinajstić information content (AvgIpc) is 2.33. The summed E-state index contributed by atoms with van der Waals surface area (Å²) in [5.41, 5.74) is 1.21. The SMILES string of the molecule is C[C@@H]1CC=CO[C@@H]1COCc1ccccc1. The molecule has 2 atom stereocenters. The molecule has 86 valence electrons. The van der Waals surface area contributed by atoms with Gasteiger partial charge >= 0.3 is 0 Å². The van der Waals surface area contributed by atoms with Crippen LogP contribution in [0.4, 0.5) is 0 Å². The van der Waals surface area contributed by atoms with E-state index in [1.54, 1.807) is 6.26 Å². The van der Waals surface area contributed by atoms with E-state index in [1.807, 2.05) is 18.2 Å². The second-order valence-electron chi connectivity index (χ2n) is 4.26. The first-order chi connectivity index (χ1) is 7.86. The second kappa shape index (κ2) is 5.71. The number of ether oxygens (including phenoxy) is 2. The fourth-order valence-electron chi connectivity index (χ4n) is 1.78. The molecular weight excluding hydrogens is 200 g/mol. The van der Waals surface area contributed by atoms with E-state index < -0.39 is 0 Å². The van der Waals surface area contributed by atoms with Crippen molar-refractivity contribution >= 4 is 0 Å². The van der Waals surface area contributed by atoms with Crippen LogP contribution in [0.3, 0.4) is 0 Å². The highest BCUT2D eigenvalue weighted by molar-refractivity contribution is 5.13. The van der Waals surface area contributed by atoms with Crippen molar-refractivity contribution in [1.29, 1.82) is 0 Å². The van der Waals surface area contributed by atoms with Gasteiger partial charge in [0, 0.05) is 0 Å². The first-order valence-corrected chi connectivity index (χ1v) is 5.78. The molecule has 0 aromatic heterocycles. The van der Waals surface area contributed by atoms with Gasteiger partial charge in [0.15, 0.2) is 0 Å². The zero-order valence-corrected chi connectivity index (χ0v) is 9.63. The van der Waals surface area contributed by atoms with Gasteiger partial charge < -0.3 is 9.47 Å². The maximum Gasteiger partial charge on any atom is 0.124 e. The van der Waals surface area contributed by atoms with Gasteiger partial charge in [0.2, 0.25) is 0 Å². The lowest BCUT2D eigenvalue weighted by atomic mass is 10.00. The van der Waals surface area contributed by atoms with Gasteiger partial charge in [-0.1, -0.05) is 37.3 Å². The molecule has 0 bridgehead atoms. The van der Waals surface area contributed by atoms with Gasteiger partial charge in [-0.2, -0.15) is 0 Å². The van der Waals surface area contributed by atoms with E-state index >= 15 is 0 Å². The smallest absolute Gasteiger partial charge is 0.124 e. The van der Waals surface area contributed by atoms with E-state index in [0.717, 1.165) is 6.42 Å². The summed E-state index contributed by atoms with van der Waals surface area (Å²) in [4.78, 5) is 0. The van der Waals surface area contributed by atoms with Crippen molar-refractivity contribution in [2.75, 3.05) is 6.61 Å². The summed E-state index contributed by atoms with van der Waals surface area (Å²) in [6.07, 6.45) is 5.14. The Morgan fingerprint density at radius 3 is 2.88 bits per heavy atom. The first-order valence-electron chi connectivity index (χ1n) is 5.78. The number of allylic oxidation sites excluding steroid dienone is 1. The molecule has 0 fully saturated rings. The summed E-state index contributed by atoms with van der Waals surface area (Å²) in [6.45, 7) is 3.53. The molecule has 16 heavy (non-hydrogen) atoms. The van der Waals surface area contributed by atoms with Crippen molar-refractivity contribution in [3.63, 3.8) is 0 Å². The van der Waals surface area contributed by atoms with Gasteiger partial charge in [-0.3, -0.25) is 0 Å². The Labute approximate surface area is 96.9 Å². The zero-order chi connectivity index (χ0) is 11.2. The molecule has 0 amide bonds. The van der Waals surface area contributed by atoms with Crippen LogP contribution in [0.1, 0.15) is 18.9 Å². The molecule has 0 unspecified atom stereocenters. The summed E-state index contributed by atoms with van der Waals surface area (Å²) in [5.74, 6) is 0.542. The maximum absolute atomic E-state index is 5.67. The van der Waals surface area contributed by atoms with Crippen LogP contribution in [0.25, 0.3) is 0 Å². The van der Waals surface area contributed by atoms with Crippen LogP contribution in [0.2, 0.25) is 0 Å². The summed E-state index contributed by atoms with van der Waals surface area (Å²) >= 11 is 0. The minimum Gasteiger partial charge on any atom is -0.496 e. The van der Waals surface area contributed by atoms with Crippen molar-refractivity contribution in [2.24, 2.45) is 5.92 Å². The Morgan fingerprint density at radius 1 is 1.31 bits per heavy atom. The first kappa shape index (κ1) is 11.2. The predicted octanol–water partition coefficient (Wildman–Crippen LogP) is 3.14. The Hall–Kier alpha value is -1.28.